The van der Waals surface area contributed by atoms with Crippen molar-refractivity contribution in [3.63, 3.8) is 0 Å². The smallest absolute Gasteiger partial charge is 0.0406 e. The molecule has 0 unspecified atom stereocenters. The molecule has 2 aliphatic rings. The van der Waals surface area contributed by atoms with Crippen LogP contribution in [0, 0.1) is 29.6 Å². The Labute approximate surface area is 159 Å². The zero-order valence-corrected chi connectivity index (χ0v) is 16.3. The van der Waals surface area contributed by atoms with E-state index >= 15 is 0 Å². The molecule has 1 heteroatoms. The van der Waals surface area contributed by atoms with Gasteiger partial charge in [0.1, 0.15) is 0 Å². The van der Waals surface area contributed by atoms with Gasteiger partial charge >= 0.3 is 0 Å². The Morgan fingerprint density at radius 3 is 2.28 bits per heavy atom. The second kappa shape index (κ2) is 9.49. The van der Waals surface area contributed by atoms with Crippen LogP contribution in [0.1, 0.15) is 76.2 Å². The molecular weight excluding hydrogens is 324 g/mol. The molecule has 0 aliphatic heterocycles. The van der Waals surface area contributed by atoms with Gasteiger partial charge in [-0.15, -0.1) is 0 Å². The topological polar surface area (TPSA) is 0 Å². The summed E-state index contributed by atoms with van der Waals surface area (Å²) < 4.78 is 0. The molecule has 2 aliphatic carbocycles. The number of rotatable bonds is 3. The fourth-order valence-corrected chi connectivity index (χ4v) is 4.57. The van der Waals surface area contributed by atoms with E-state index in [0.717, 1.165) is 16.9 Å². The molecule has 0 amide bonds. The Balaban J connectivity index is 1.41. The van der Waals surface area contributed by atoms with Crippen molar-refractivity contribution in [3.05, 3.63) is 47.0 Å². The van der Waals surface area contributed by atoms with E-state index in [1.807, 2.05) is 12.1 Å². The molecule has 0 nitrogen and oxygen atoms in total. The lowest BCUT2D eigenvalue weighted by Crippen LogP contribution is -2.12. The molecule has 1 aromatic rings. The van der Waals surface area contributed by atoms with Crippen LogP contribution in [0.25, 0.3) is 0 Å². The summed E-state index contributed by atoms with van der Waals surface area (Å²) in [6, 6.07) is 8.41. The Morgan fingerprint density at radius 1 is 0.960 bits per heavy atom. The van der Waals surface area contributed by atoms with Gasteiger partial charge in [-0.1, -0.05) is 55.0 Å². The number of benzene rings is 1. The van der Waals surface area contributed by atoms with Crippen molar-refractivity contribution in [1.82, 2.24) is 0 Å². The average molecular weight is 355 g/mol. The lowest BCUT2D eigenvalue weighted by Gasteiger charge is -2.26. The van der Waals surface area contributed by atoms with Gasteiger partial charge in [0.25, 0.3) is 0 Å². The average Bonchev–Trinajstić information content (AvgIpc) is 2.67. The van der Waals surface area contributed by atoms with Crippen molar-refractivity contribution in [1.29, 1.82) is 0 Å². The quantitative estimate of drug-likeness (QED) is 0.496. The van der Waals surface area contributed by atoms with Gasteiger partial charge in [0.05, 0.1) is 0 Å². The van der Waals surface area contributed by atoms with Crippen LogP contribution in [0.2, 0.25) is 5.02 Å². The highest BCUT2D eigenvalue weighted by Gasteiger charge is 2.21. The fraction of sp³-hybridized carbons (Fsp3) is 0.583. The molecule has 1 aromatic carbocycles. The van der Waals surface area contributed by atoms with E-state index in [0.29, 0.717) is 11.8 Å². The summed E-state index contributed by atoms with van der Waals surface area (Å²) >= 11 is 5.99. The van der Waals surface area contributed by atoms with Crippen molar-refractivity contribution in [2.75, 3.05) is 0 Å². The summed E-state index contributed by atoms with van der Waals surface area (Å²) in [6.07, 6.45) is 16.4. The van der Waals surface area contributed by atoms with Gasteiger partial charge in [0.2, 0.25) is 0 Å². The molecule has 0 N–H and O–H groups in total. The first-order valence-corrected chi connectivity index (χ1v) is 10.6. The first-order chi connectivity index (χ1) is 12.2. The van der Waals surface area contributed by atoms with Gasteiger partial charge in [0, 0.05) is 10.9 Å². The summed E-state index contributed by atoms with van der Waals surface area (Å²) in [7, 11) is 0. The first kappa shape index (κ1) is 18.6. The molecule has 0 bridgehead atoms. The molecule has 0 saturated heterocycles. The Hall–Kier alpha value is -1.19. The lowest BCUT2D eigenvalue weighted by atomic mass is 9.79. The number of hydrogen-bond acceptors (Lipinski definition) is 0. The van der Waals surface area contributed by atoms with E-state index in [4.69, 9.17) is 11.6 Å². The molecule has 0 radical (unpaired) electrons. The number of halogens is 1. The van der Waals surface area contributed by atoms with Crippen LogP contribution < -0.4 is 0 Å². The van der Waals surface area contributed by atoms with E-state index < -0.39 is 0 Å². The second-order valence-electron chi connectivity index (χ2n) is 7.94. The number of allylic oxidation sites excluding steroid dienone is 2. The largest absolute Gasteiger partial charge is 0.0951 e. The van der Waals surface area contributed by atoms with Crippen LogP contribution in [0.3, 0.4) is 0 Å². The normalized spacial score (nSPS) is 30.0. The fourth-order valence-electron chi connectivity index (χ4n) is 4.45. The minimum absolute atomic E-state index is 0.587. The third kappa shape index (κ3) is 5.65. The van der Waals surface area contributed by atoms with Crippen LogP contribution in [0.5, 0.6) is 0 Å². The monoisotopic (exact) mass is 354 g/mol. The van der Waals surface area contributed by atoms with Crippen LogP contribution >= 0.6 is 11.6 Å². The maximum absolute atomic E-state index is 5.99. The van der Waals surface area contributed by atoms with E-state index in [2.05, 4.69) is 43.0 Å². The predicted octanol–water partition coefficient (Wildman–Crippen LogP) is 7.39. The molecule has 2 saturated carbocycles. The summed E-state index contributed by atoms with van der Waals surface area (Å²) in [5.41, 5.74) is 1.44. The number of hydrogen-bond donors (Lipinski definition) is 0. The molecule has 134 valence electrons. The van der Waals surface area contributed by atoms with Crippen molar-refractivity contribution in [2.45, 2.75) is 70.6 Å². The van der Waals surface area contributed by atoms with Crippen molar-refractivity contribution < 1.29 is 0 Å². The molecular formula is C24H31Cl. The highest BCUT2D eigenvalue weighted by Crippen LogP contribution is 2.36. The standard InChI is InChI=1S/C24H31Cl/c1-2-19-7-9-20(10-8-19)5-3-4-6-21-11-13-22(14-12-21)23-15-17-24(25)18-16-23/h3,5,15-22H,2,7-14H2,1H3. The Bertz CT molecular complexity index is 600. The Morgan fingerprint density at radius 2 is 1.64 bits per heavy atom. The molecule has 25 heavy (non-hydrogen) atoms. The third-order valence-electron chi connectivity index (χ3n) is 6.28. The lowest BCUT2D eigenvalue weighted by molar-refractivity contribution is 0.304. The summed E-state index contributed by atoms with van der Waals surface area (Å²) in [5, 5.41) is 0.832. The van der Waals surface area contributed by atoms with Crippen molar-refractivity contribution >= 4 is 11.6 Å². The molecule has 0 aromatic heterocycles. The Kier molecular flexibility index (Phi) is 7.06. The van der Waals surface area contributed by atoms with Crippen molar-refractivity contribution in [2.24, 2.45) is 17.8 Å². The third-order valence-corrected chi connectivity index (χ3v) is 6.53. The van der Waals surface area contributed by atoms with Crippen LogP contribution in [0.15, 0.2) is 36.4 Å². The highest BCUT2D eigenvalue weighted by molar-refractivity contribution is 6.30. The SMILES string of the molecule is CCC1CCC(C=CC#CC2CCC(c3ccc(Cl)cc3)CC2)CC1. The molecule has 0 spiro atoms. The zero-order chi connectivity index (χ0) is 17.5. The van der Waals surface area contributed by atoms with Gasteiger partial charge in [-0.3, -0.25) is 0 Å². The first-order valence-electron chi connectivity index (χ1n) is 10.2. The van der Waals surface area contributed by atoms with Gasteiger partial charge in [-0.2, -0.15) is 0 Å². The van der Waals surface area contributed by atoms with Crippen LogP contribution in [0.4, 0.5) is 0 Å². The minimum atomic E-state index is 0.587. The van der Waals surface area contributed by atoms with Crippen LogP contribution in [-0.4, -0.2) is 0 Å². The van der Waals surface area contributed by atoms with Crippen molar-refractivity contribution in [3.8, 4) is 11.8 Å². The van der Waals surface area contributed by atoms with Gasteiger partial charge < -0.3 is 0 Å². The molecule has 0 heterocycles. The maximum atomic E-state index is 5.99. The van der Waals surface area contributed by atoms with E-state index in [1.165, 1.54) is 63.4 Å². The highest BCUT2D eigenvalue weighted by atomic mass is 35.5. The molecule has 0 atom stereocenters. The minimum Gasteiger partial charge on any atom is -0.0951 e. The predicted molar refractivity (Wildman–Crippen MR) is 109 cm³/mol. The maximum Gasteiger partial charge on any atom is 0.0406 e. The van der Waals surface area contributed by atoms with Crippen LogP contribution in [-0.2, 0) is 0 Å². The molecule has 3 rings (SSSR count). The second-order valence-corrected chi connectivity index (χ2v) is 8.37. The van der Waals surface area contributed by atoms with E-state index in [-0.39, 0.29) is 0 Å². The van der Waals surface area contributed by atoms with Gasteiger partial charge in [-0.05, 0) is 92.9 Å². The summed E-state index contributed by atoms with van der Waals surface area (Å²) in [6.45, 7) is 2.33. The zero-order valence-electron chi connectivity index (χ0n) is 15.5. The van der Waals surface area contributed by atoms with E-state index in [9.17, 15) is 0 Å². The summed E-state index contributed by atoms with van der Waals surface area (Å²) in [4.78, 5) is 0. The van der Waals surface area contributed by atoms with Gasteiger partial charge in [-0.25, -0.2) is 0 Å². The summed E-state index contributed by atoms with van der Waals surface area (Å²) in [5.74, 6) is 9.88. The van der Waals surface area contributed by atoms with E-state index in [1.54, 1.807) is 0 Å². The van der Waals surface area contributed by atoms with Gasteiger partial charge in [0.15, 0.2) is 0 Å². The molecule has 2 fully saturated rings.